The van der Waals surface area contributed by atoms with Crippen molar-refractivity contribution in [3.63, 3.8) is 0 Å². The Labute approximate surface area is 379 Å². The zero-order valence-electron chi connectivity index (χ0n) is 39.3. The molecule has 0 N–H and O–H groups in total. The summed E-state index contributed by atoms with van der Waals surface area (Å²) in [6.07, 6.45) is 69.0. The number of hydrogen-bond donors (Lipinski definition) is 0. The number of carbonyl (C=O) groups excluding carboxylic acids is 3. The Morgan fingerprint density at radius 2 is 0.774 bits per heavy atom. The third-order valence-corrected chi connectivity index (χ3v) is 9.49. The third kappa shape index (κ3) is 46.6. The molecule has 0 bridgehead atoms. The molecule has 0 amide bonds. The Hall–Kier alpha value is -4.45. The molecule has 0 rings (SSSR count). The van der Waals surface area contributed by atoms with Crippen LogP contribution in [0.1, 0.15) is 181 Å². The third-order valence-electron chi connectivity index (χ3n) is 9.49. The Morgan fingerprint density at radius 3 is 1.32 bits per heavy atom. The van der Waals surface area contributed by atoms with Crippen LogP contribution in [0.15, 0.2) is 134 Å². The predicted molar refractivity (Wildman–Crippen MR) is 265 cm³/mol. The molecule has 0 aromatic rings. The average Bonchev–Trinajstić information content (AvgIpc) is 3.27. The van der Waals surface area contributed by atoms with Gasteiger partial charge in [-0.3, -0.25) is 14.4 Å². The Balaban J connectivity index is 4.57. The quantitative estimate of drug-likeness (QED) is 0.0200. The topological polar surface area (TPSA) is 78.9 Å². The summed E-state index contributed by atoms with van der Waals surface area (Å²) in [7, 11) is 0. The highest BCUT2D eigenvalue weighted by Crippen LogP contribution is 2.10. The predicted octanol–water partition coefficient (Wildman–Crippen LogP) is 15.9. The number of rotatable bonds is 41. The van der Waals surface area contributed by atoms with Gasteiger partial charge in [-0.25, -0.2) is 0 Å². The number of esters is 3. The van der Waals surface area contributed by atoms with Gasteiger partial charge in [-0.15, -0.1) is 0 Å². The van der Waals surface area contributed by atoms with Crippen LogP contribution in [0.2, 0.25) is 0 Å². The summed E-state index contributed by atoms with van der Waals surface area (Å²) < 4.78 is 16.5. The van der Waals surface area contributed by atoms with Crippen molar-refractivity contribution in [1.29, 1.82) is 0 Å². The van der Waals surface area contributed by atoms with Crippen molar-refractivity contribution >= 4 is 17.9 Å². The maximum atomic E-state index is 12.7. The normalized spacial score (nSPS) is 13.3. The molecule has 62 heavy (non-hydrogen) atoms. The Morgan fingerprint density at radius 1 is 0.371 bits per heavy atom. The molecule has 0 saturated carbocycles. The first kappa shape index (κ1) is 57.5. The fourth-order valence-corrected chi connectivity index (χ4v) is 5.86. The average molecular weight is 855 g/mol. The highest BCUT2D eigenvalue weighted by Gasteiger charge is 2.19. The van der Waals surface area contributed by atoms with Gasteiger partial charge in [0.05, 0.1) is 6.42 Å². The second-order valence-electron chi connectivity index (χ2n) is 15.4. The second kappa shape index (κ2) is 49.2. The number of ether oxygens (including phenoxy) is 3. The molecule has 0 heterocycles. The molecular weight excluding hydrogens is 769 g/mol. The minimum Gasteiger partial charge on any atom is -0.462 e. The van der Waals surface area contributed by atoms with Gasteiger partial charge in [-0.05, 0) is 96.3 Å². The van der Waals surface area contributed by atoms with Crippen LogP contribution in [-0.2, 0) is 28.6 Å². The minimum atomic E-state index is -0.855. The van der Waals surface area contributed by atoms with Gasteiger partial charge in [0.1, 0.15) is 13.2 Å². The zero-order chi connectivity index (χ0) is 45.1. The van der Waals surface area contributed by atoms with Crippen molar-refractivity contribution in [2.45, 2.75) is 187 Å². The monoisotopic (exact) mass is 855 g/mol. The molecule has 0 aliphatic rings. The van der Waals surface area contributed by atoms with Crippen LogP contribution < -0.4 is 0 Å². The molecule has 0 aromatic carbocycles. The fraction of sp³-hybridized carbons (Fsp3) is 0.554. The van der Waals surface area contributed by atoms with Gasteiger partial charge in [0.25, 0.3) is 0 Å². The van der Waals surface area contributed by atoms with Gasteiger partial charge in [0, 0.05) is 12.8 Å². The van der Waals surface area contributed by atoms with Crippen LogP contribution in [0.5, 0.6) is 0 Å². The number of carbonyl (C=O) groups is 3. The highest BCUT2D eigenvalue weighted by atomic mass is 16.6. The van der Waals surface area contributed by atoms with Crippen molar-refractivity contribution < 1.29 is 28.6 Å². The van der Waals surface area contributed by atoms with E-state index >= 15 is 0 Å². The second-order valence-corrected chi connectivity index (χ2v) is 15.4. The van der Waals surface area contributed by atoms with Crippen molar-refractivity contribution in [3.8, 4) is 0 Å². The molecule has 1 unspecified atom stereocenters. The van der Waals surface area contributed by atoms with Crippen LogP contribution in [0.25, 0.3) is 0 Å². The molecule has 0 saturated heterocycles. The van der Waals surface area contributed by atoms with Gasteiger partial charge in [-0.2, -0.15) is 0 Å². The Kier molecular flexibility index (Phi) is 45.7. The highest BCUT2D eigenvalue weighted by molar-refractivity contribution is 5.72. The van der Waals surface area contributed by atoms with Crippen molar-refractivity contribution in [2.24, 2.45) is 0 Å². The van der Waals surface area contributed by atoms with E-state index in [0.29, 0.717) is 12.8 Å². The van der Waals surface area contributed by atoms with Crippen molar-refractivity contribution in [3.05, 3.63) is 134 Å². The van der Waals surface area contributed by atoms with E-state index < -0.39 is 18.0 Å². The number of unbranched alkanes of at least 4 members (excludes halogenated alkanes) is 12. The standard InChI is InChI=1S/C56H86O6/c1-4-7-10-13-16-19-21-23-25-27-29-30-32-34-37-40-43-46-49-55(58)61-52-53(51-60-54(57)48-45-42-39-36-18-15-12-9-6-3)62-56(59)50-47-44-41-38-35-33-31-28-26-24-22-20-17-14-11-8-5-2/h9,12,16-21,23-27,29-31,33,36,38,41-42,45,53H,4-8,10-11,13-15,22,28,32,34-35,37,39-40,43-44,46-52H2,1-3H3/b12-9-,19-16-,20-17-,23-21-,26-24-,27-25-,30-29-,33-31-,36-18-,41-38-,45-42-. The van der Waals surface area contributed by atoms with Gasteiger partial charge >= 0.3 is 17.9 Å². The van der Waals surface area contributed by atoms with Crippen molar-refractivity contribution in [1.82, 2.24) is 0 Å². The van der Waals surface area contributed by atoms with E-state index in [1.165, 1.54) is 44.9 Å². The van der Waals surface area contributed by atoms with Gasteiger partial charge in [0.15, 0.2) is 6.10 Å². The molecule has 0 radical (unpaired) electrons. The Bertz CT molecular complexity index is 1400. The van der Waals surface area contributed by atoms with Gasteiger partial charge < -0.3 is 14.2 Å². The summed E-state index contributed by atoms with van der Waals surface area (Å²) in [5.74, 6) is -1.17. The van der Waals surface area contributed by atoms with E-state index in [1.54, 1.807) is 6.08 Å². The van der Waals surface area contributed by atoms with E-state index in [4.69, 9.17) is 14.2 Å². The van der Waals surface area contributed by atoms with Gasteiger partial charge in [-0.1, -0.05) is 199 Å². The molecule has 0 spiro atoms. The summed E-state index contributed by atoms with van der Waals surface area (Å²) in [4.78, 5) is 37.7. The summed E-state index contributed by atoms with van der Waals surface area (Å²) in [5, 5.41) is 0. The lowest BCUT2D eigenvalue weighted by atomic mass is 10.1. The van der Waals surface area contributed by atoms with Crippen LogP contribution in [0.3, 0.4) is 0 Å². The molecular formula is C56H86O6. The van der Waals surface area contributed by atoms with E-state index in [9.17, 15) is 14.4 Å². The SMILES string of the molecule is CC/C=C\C/C=C\C/C=C\CC(=O)OCC(COC(=O)CCCCCCC\C=C/C=C\C=C/C=C\CCCCC)OC(=O)CCC/C=C\C/C=C\C/C=C\C/C=C\CCCCC. The van der Waals surface area contributed by atoms with Crippen molar-refractivity contribution in [2.75, 3.05) is 13.2 Å². The summed E-state index contributed by atoms with van der Waals surface area (Å²) in [6.45, 7) is 6.25. The summed E-state index contributed by atoms with van der Waals surface area (Å²) in [5.41, 5.74) is 0. The van der Waals surface area contributed by atoms with E-state index in [1.807, 2.05) is 6.08 Å². The number of hydrogen-bond acceptors (Lipinski definition) is 6. The smallest absolute Gasteiger partial charge is 0.309 e. The molecule has 6 heteroatoms. The molecule has 0 aromatic heterocycles. The first-order chi connectivity index (χ1) is 30.5. The van der Waals surface area contributed by atoms with Crippen LogP contribution in [-0.4, -0.2) is 37.2 Å². The van der Waals surface area contributed by atoms with E-state index in [-0.39, 0.29) is 32.0 Å². The maximum absolute atomic E-state index is 12.7. The minimum absolute atomic E-state index is 0.113. The first-order valence-corrected chi connectivity index (χ1v) is 24.2. The van der Waals surface area contributed by atoms with Crippen LogP contribution in [0, 0.1) is 0 Å². The fourth-order valence-electron chi connectivity index (χ4n) is 5.86. The molecule has 0 fully saturated rings. The maximum Gasteiger partial charge on any atom is 0.309 e. The largest absolute Gasteiger partial charge is 0.462 e. The van der Waals surface area contributed by atoms with E-state index in [0.717, 1.165) is 89.9 Å². The zero-order valence-corrected chi connectivity index (χ0v) is 39.3. The molecule has 346 valence electrons. The van der Waals surface area contributed by atoms with Crippen LogP contribution in [0.4, 0.5) is 0 Å². The lowest BCUT2D eigenvalue weighted by molar-refractivity contribution is -0.166. The summed E-state index contributed by atoms with van der Waals surface area (Å²) >= 11 is 0. The lowest BCUT2D eigenvalue weighted by Crippen LogP contribution is -2.30. The number of allylic oxidation sites excluding steroid dienone is 21. The molecule has 6 nitrogen and oxygen atoms in total. The molecule has 1 atom stereocenters. The lowest BCUT2D eigenvalue weighted by Gasteiger charge is -2.18. The molecule has 0 aliphatic heterocycles. The molecule has 0 aliphatic carbocycles. The van der Waals surface area contributed by atoms with E-state index in [2.05, 4.69) is 142 Å². The summed E-state index contributed by atoms with van der Waals surface area (Å²) in [6, 6.07) is 0. The van der Waals surface area contributed by atoms with Crippen LogP contribution >= 0.6 is 0 Å². The van der Waals surface area contributed by atoms with Gasteiger partial charge in [0.2, 0.25) is 0 Å². The first-order valence-electron chi connectivity index (χ1n) is 24.2.